The monoisotopic (exact) mass is 297 g/mol. The zero-order valence-electron chi connectivity index (χ0n) is 10.9. The smallest absolute Gasteiger partial charge is 0.271 e. The Morgan fingerprint density at radius 2 is 2.10 bits per heavy atom. The van der Waals surface area contributed by atoms with Crippen LogP contribution in [0.3, 0.4) is 0 Å². The summed E-state index contributed by atoms with van der Waals surface area (Å²) in [6, 6.07) is 3.90. The molecule has 0 aromatic heterocycles. The Morgan fingerprint density at radius 1 is 1.40 bits per heavy atom. The molecule has 20 heavy (non-hydrogen) atoms. The highest BCUT2D eigenvalue weighted by Gasteiger charge is 2.17. The first-order chi connectivity index (χ1) is 9.56. The van der Waals surface area contributed by atoms with Gasteiger partial charge in [-0.2, -0.15) is 0 Å². The Bertz CT molecular complexity index is 516. The number of piperidine rings is 1. The highest BCUT2D eigenvalue weighted by molar-refractivity contribution is 6.31. The van der Waals surface area contributed by atoms with E-state index in [1.165, 1.54) is 18.2 Å². The Balaban J connectivity index is 1.99. The molecule has 0 saturated carbocycles. The van der Waals surface area contributed by atoms with Gasteiger partial charge in [0.25, 0.3) is 11.6 Å². The molecule has 1 amide bonds. The topological polar surface area (TPSA) is 84.3 Å². The SMILES string of the molecule is O=C(NCC1CCNCC1)c1cc(Cl)cc([N+](=O)[O-])c1. The fraction of sp³-hybridized carbons (Fsp3) is 0.462. The molecule has 0 spiro atoms. The van der Waals surface area contributed by atoms with Gasteiger partial charge in [-0.1, -0.05) is 11.6 Å². The molecule has 0 bridgehead atoms. The second-order valence-corrected chi connectivity index (χ2v) is 5.30. The van der Waals surface area contributed by atoms with Gasteiger partial charge in [0.2, 0.25) is 0 Å². The molecule has 0 unspecified atom stereocenters. The number of nitrogens with one attached hydrogen (secondary N) is 2. The van der Waals surface area contributed by atoms with Gasteiger partial charge < -0.3 is 10.6 Å². The number of nitro groups is 1. The number of halogens is 1. The highest BCUT2D eigenvalue weighted by atomic mass is 35.5. The molecule has 0 atom stereocenters. The van der Waals surface area contributed by atoms with Crippen LogP contribution >= 0.6 is 11.6 Å². The van der Waals surface area contributed by atoms with E-state index in [1.54, 1.807) is 0 Å². The van der Waals surface area contributed by atoms with Crippen LogP contribution in [0.2, 0.25) is 5.02 Å². The van der Waals surface area contributed by atoms with E-state index in [-0.39, 0.29) is 22.2 Å². The van der Waals surface area contributed by atoms with Gasteiger partial charge >= 0.3 is 0 Å². The average Bonchev–Trinajstić information content (AvgIpc) is 2.45. The van der Waals surface area contributed by atoms with E-state index in [9.17, 15) is 14.9 Å². The van der Waals surface area contributed by atoms with E-state index in [2.05, 4.69) is 10.6 Å². The quantitative estimate of drug-likeness (QED) is 0.657. The minimum absolute atomic E-state index is 0.176. The highest BCUT2D eigenvalue weighted by Crippen LogP contribution is 2.21. The Hall–Kier alpha value is -1.66. The Morgan fingerprint density at radius 3 is 2.75 bits per heavy atom. The number of rotatable bonds is 4. The van der Waals surface area contributed by atoms with E-state index in [4.69, 9.17) is 11.6 Å². The van der Waals surface area contributed by atoms with Gasteiger partial charge in [-0.25, -0.2) is 0 Å². The van der Waals surface area contributed by atoms with Gasteiger partial charge in [-0.05, 0) is 37.9 Å². The molecule has 2 N–H and O–H groups in total. The van der Waals surface area contributed by atoms with E-state index >= 15 is 0 Å². The summed E-state index contributed by atoms with van der Waals surface area (Å²) in [7, 11) is 0. The fourth-order valence-corrected chi connectivity index (χ4v) is 2.46. The van der Waals surface area contributed by atoms with E-state index in [0.29, 0.717) is 12.5 Å². The second kappa shape index (κ2) is 6.67. The van der Waals surface area contributed by atoms with Crippen molar-refractivity contribution in [2.45, 2.75) is 12.8 Å². The third-order valence-electron chi connectivity index (χ3n) is 3.37. The first-order valence-electron chi connectivity index (χ1n) is 6.50. The molecule has 1 aromatic rings. The van der Waals surface area contributed by atoms with Crippen molar-refractivity contribution in [2.24, 2.45) is 5.92 Å². The van der Waals surface area contributed by atoms with Crippen LogP contribution < -0.4 is 10.6 Å². The molecule has 1 heterocycles. The summed E-state index contributed by atoms with van der Waals surface area (Å²) in [6.07, 6.45) is 2.05. The van der Waals surface area contributed by atoms with Crippen LogP contribution in [-0.2, 0) is 0 Å². The van der Waals surface area contributed by atoms with Crippen molar-refractivity contribution in [1.82, 2.24) is 10.6 Å². The van der Waals surface area contributed by atoms with Crippen LogP contribution in [0.15, 0.2) is 18.2 Å². The first kappa shape index (κ1) is 14.7. The molecule has 1 saturated heterocycles. The zero-order chi connectivity index (χ0) is 14.5. The molecular weight excluding hydrogens is 282 g/mol. The summed E-state index contributed by atoms with van der Waals surface area (Å²) in [5, 5.41) is 17.0. The van der Waals surface area contributed by atoms with Crippen LogP contribution in [-0.4, -0.2) is 30.5 Å². The molecule has 7 heteroatoms. The minimum atomic E-state index is -0.560. The van der Waals surface area contributed by atoms with Crippen molar-refractivity contribution in [3.8, 4) is 0 Å². The second-order valence-electron chi connectivity index (χ2n) is 4.86. The summed E-state index contributed by atoms with van der Waals surface area (Å²) in [5.74, 6) is 0.128. The molecule has 1 aliphatic rings. The van der Waals surface area contributed by atoms with Crippen LogP contribution in [0.5, 0.6) is 0 Å². The van der Waals surface area contributed by atoms with Crippen molar-refractivity contribution < 1.29 is 9.72 Å². The lowest BCUT2D eigenvalue weighted by Gasteiger charge is -2.22. The summed E-state index contributed by atoms with van der Waals surface area (Å²) < 4.78 is 0. The molecule has 1 fully saturated rings. The largest absolute Gasteiger partial charge is 0.352 e. The van der Waals surface area contributed by atoms with Crippen LogP contribution in [0.25, 0.3) is 0 Å². The van der Waals surface area contributed by atoms with E-state index in [1.807, 2.05) is 0 Å². The normalized spacial score (nSPS) is 15.8. The van der Waals surface area contributed by atoms with Crippen molar-refractivity contribution in [2.75, 3.05) is 19.6 Å². The molecule has 1 aliphatic heterocycles. The van der Waals surface area contributed by atoms with Gasteiger partial charge in [0.15, 0.2) is 0 Å². The van der Waals surface area contributed by atoms with Gasteiger partial charge in [0, 0.05) is 29.3 Å². The number of nitrogens with zero attached hydrogens (tertiary/aromatic N) is 1. The number of hydrogen-bond acceptors (Lipinski definition) is 4. The third kappa shape index (κ3) is 3.91. The molecular formula is C13H16ClN3O3. The lowest BCUT2D eigenvalue weighted by atomic mass is 9.98. The molecule has 0 radical (unpaired) electrons. The maximum Gasteiger partial charge on any atom is 0.271 e. The fourth-order valence-electron chi connectivity index (χ4n) is 2.24. The summed E-state index contributed by atoms with van der Waals surface area (Å²) >= 11 is 5.79. The lowest BCUT2D eigenvalue weighted by Crippen LogP contribution is -2.35. The van der Waals surface area contributed by atoms with Crippen molar-refractivity contribution in [3.05, 3.63) is 38.9 Å². The van der Waals surface area contributed by atoms with Gasteiger partial charge in [-0.3, -0.25) is 14.9 Å². The number of carbonyl (C=O) groups is 1. The maximum absolute atomic E-state index is 12.0. The standard InChI is InChI=1S/C13H16ClN3O3/c14-11-5-10(6-12(7-11)17(19)20)13(18)16-8-9-1-3-15-4-2-9/h5-7,9,15H,1-4,8H2,(H,16,18). The Kier molecular flexibility index (Phi) is 4.92. The Labute approximate surface area is 121 Å². The summed E-state index contributed by atoms with van der Waals surface area (Å²) in [4.78, 5) is 22.2. The van der Waals surface area contributed by atoms with Gasteiger partial charge in [-0.15, -0.1) is 0 Å². The number of hydrogen-bond donors (Lipinski definition) is 2. The van der Waals surface area contributed by atoms with Crippen molar-refractivity contribution >= 4 is 23.2 Å². The number of carbonyl (C=O) groups excluding carboxylic acids is 1. The number of non-ortho nitro benzene ring substituents is 1. The summed E-state index contributed by atoms with van der Waals surface area (Å²) in [6.45, 7) is 2.51. The summed E-state index contributed by atoms with van der Waals surface area (Å²) in [5.41, 5.74) is 0.0441. The maximum atomic E-state index is 12.0. The average molecular weight is 298 g/mol. The van der Waals surface area contributed by atoms with Crippen LogP contribution in [0.4, 0.5) is 5.69 Å². The zero-order valence-corrected chi connectivity index (χ0v) is 11.7. The predicted octanol–water partition coefficient (Wildman–Crippen LogP) is 1.98. The number of nitro benzene ring substituents is 1. The van der Waals surface area contributed by atoms with Crippen LogP contribution in [0.1, 0.15) is 23.2 Å². The molecule has 6 nitrogen and oxygen atoms in total. The third-order valence-corrected chi connectivity index (χ3v) is 3.58. The molecule has 1 aromatic carbocycles. The van der Waals surface area contributed by atoms with Crippen molar-refractivity contribution in [3.63, 3.8) is 0 Å². The predicted molar refractivity (Wildman–Crippen MR) is 76.0 cm³/mol. The first-order valence-corrected chi connectivity index (χ1v) is 6.88. The van der Waals surface area contributed by atoms with E-state index < -0.39 is 4.92 Å². The van der Waals surface area contributed by atoms with E-state index in [0.717, 1.165) is 25.9 Å². The van der Waals surface area contributed by atoms with Crippen molar-refractivity contribution in [1.29, 1.82) is 0 Å². The van der Waals surface area contributed by atoms with Crippen LogP contribution in [0, 0.1) is 16.0 Å². The van der Waals surface area contributed by atoms with Gasteiger partial charge in [0.05, 0.1) is 4.92 Å². The molecule has 2 rings (SSSR count). The number of benzene rings is 1. The lowest BCUT2D eigenvalue weighted by molar-refractivity contribution is -0.384. The van der Waals surface area contributed by atoms with Gasteiger partial charge in [0.1, 0.15) is 0 Å². The minimum Gasteiger partial charge on any atom is -0.352 e. The molecule has 108 valence electrons. The number of amides is 1. The molecule has 0 aliphatic carbocycles.